The van der Waals surface area contributed by atoms with Gasteiger partial charge in [-0.2, -0.15) is 0 Å². The van der Waals surface area contributed by atoms with Gasteiger partial charge in [-0.3, -0.25) is 0 Å². The first kappa shape index (κ1) is 23.2. The predicted molar refractivity (Wildman–Crippen MR) is 16.9 cm³/mol. The van der Waals surface area contributed by atoms with Gasteiger partial charge in [0.15, 0.2) is 0 Å². The fourth-order valence-corrected chi connectivity index (χ4v) is 0. The van der Waals surface area contributed by atoms with Gasteiger partial charge in [0.25, 0.3) is 0 Å². The molecule has 0 aliphatic heterocycles. The molecule has 6 heteroatoms. The van der Waals surface area contributed by atoms with E-state index in [1.54, 1.807) is 0 Å². The molecule has 7 heavy (non-hydrogen) atoms. The van der Waals surface area contributed by atoms with Crippen LogP contribution in [0.3, 0.4) is 0 Å². The van der Waals surface area contributed by atoms with Gasteiger partial charge in [0, 0.05) is 0 Å². The molecule has 0 aliphatic rings. The van der Waals surface area contributed by atoms with E-state index in [0.29, 0.717) is 0 Å². The van der Waals surface area contributed by atoms with Crippen molar-refractivity contribution < 1.29 is 32.1 Å². The number of carbonyl (C=O) groups is 1. The fraction of sp³-hybridized carbons (Fsp3) is 0. The van der Waals surface area contributed by atoms with E-state index in [0.717, 1.165) is 0 Å². The Labute approximate surface area is 97.5 Å². The average Bonchev–Trinajstić information content (AvgIpc) is 0.811. The molecule has 0 aromatic rings. The summed E-state index contributed by atoms with van der Waals surface area (Å²) in [7, 11) is 0. The molecule has 0 radical (unpaired) electrons. The van der Waals surface area contributed by atoms with Crippen LogP contribution in [0.2, 0.25) is 0 Å². The molecule has 0 N–H and O–H groups in total. The summed E-state index contributed by atoms with van der Waals surface area (Å²) in [5, 5.41) is 16.7. The standard InChI is InChI=1S/CH2O3.Ca.Fe.Mg/c2-1(3)4;;;/h(H2,2,3,4);;;/q;3*+2/p-2. The molecular formula is CCaFeMgO3+4. The monoisotopic (exact) mass is 180 g/mol. The van der Waals surface area contributed by atoms with E-state index in [4.69, 9.17) is 15.0 Å². The molecule has 3 nitrogen and oxygen atoms in total. The van der Waals surface area contributed by atoms with E-state index in [-0.39, 0.29) is 77.9 Å². The van der Waals surface area contributed by atoms with Gasteiger partial charge < -0.3 is 15.0 Å². The van der Waals surface area contributed by atoms with Gasteiger partial charge in [0.1, 0.15) is 0 Å². The summed E-state index contributed by atoms with van der Waals surface area (Å²) in [6.07, 6.45) is -2.33. The Hall–Kier alpha value is 1.82. The van der Waals surface area contributed by atoms with Gasteiger partial charge in [-0.25, -0.2) is 0 Å². The van der Waals surface area contributed by atoms with Crippen molar-refractivity contribution in [3.63, 3.8) is 0 Å². The third kappa shape index (κ3) is 80.2. The molecular weight excluding hydrogens is 180 g/mol. The van der Waals surface area contributed by atoms with E-state index in [1.807, 2.05) is 0 Å². The van der Waals surface area contributed by atoms with Gasteiger partial charge in [0.2, 0.25) is 0 Å². The second kappa shape index (κ2) is 15.7. The van der Waals surface area contributed by atoms with Gasteiger partial charge in [-0.05, 0) is 6.16 Å². The van der Waals surface area contributed by atoms with Crippen molar-refractivity contribution in [1.29, 1.82) is 0 Å². The molecule has 0 fully saturated rings. The zero-order chi connectivity index (χ0) is 3.58. The first-order valence-electron chi connectivity index (χ1n) is 0.612. The quantitative estimate of drug-likeness (QED) is 0.369. The van der Waals surface area contributed by atoms with E-state index < -0.39 is 6.16 Å². The molecule has 0 rings (SSSR count). The van der Waals surface area contributed by atoms with Gasteiger partial charge in [-0.15, -0.1) is 0 Å². The molecule has 0 aromatic carbocycles. The first-order chi connectivity index (χ1) is 1.73. The molecule has 30 valence electrons. The van der Waals surface area contributed by atoms with E-state index in [2.05, 4.69) is 0 Å². The van der Waals surface area contributed by atoms with Gasteiger partial charge >= 0.3 is 77.9 Å². The van der Waals surface area contributed by atoms with Crippen LogP contribution in [0.4, 0.5) is 4.79 Å². The summed E-state index contributed by atoms with van der Waals surface area (Å²) in [6, 6.07) is 0. The Balaban J connectivity index is -0.0000000150. The second-order valence-electron chi connectivity index (χ2n) is 0.250. The molecule has 0 saturated heterocycles. The summed E-state index contributed by atoms with van der Waals surface area (Å²) in [5.41, 5.74) is 0. The molecule has 0 atom stereocenters. The fourth-order valence-electron chi connectivity index (χ4n) is 0. The van der Waals surface area contributed by atoms with Crippen molar-refractivity contribution in [3.8, 4) is 0 Å². The van der Waals surface area contributed by atoms with Crippen molar-refractivity contribution in [1.82, 2.24) is 0 Å². The SMILES string of the molecule is O=C([O-])[O-].[Ca+2].[Fe+2].[Mg+2]. The topological polar surface area (TPSA) is 63.2 Å². The molecule has 0 spiro atoms. The molecule has 0 heterocycles. The molecule has 0 aromatic heterocycles. The molecule has 0 saturated carbocycles. The van der Waals surface area contributed by atoms with E-state index >= 15 is 0 Å². The van der Waals surface area contributed by atoms with Gasteiger partial charge in [0.05, 0.1) is 0 Å². The summed E-state index contributed by atoms with van der Waals surface area (Å²) >= 11 is 0. The van der Waals surface area contributed by atoms with Crippen LogP contribution in [0.15, 0.2) is 0 Å². The predicted octanol–water partition coefficient (Wildman–Crippen LogP) is -3.21. The molecule has 0 aliphatic carbocycles. The number of rotatable bonds is 0. The summed E-state index contributed by atoms with van der Waals surface area (Å²) in [6.45, 7) is 0. The van der Waals surface area contributed by atoms with Crippen LogP contribution in [-0.2, 0) is 17.1 Å². The summed E-state index contributed by atoms with van der Waals surface area (Å²) in [4.78, 5) is 8.33. The first-order valence-corrected chi connectivity index (χ1v) is 0.612. The van der Waals surface area contributed by atoms with E-state index in [9.17, 15) is 0 Å². The third-order valence-corrected chi connectivity index (χ3v) is 0. The van der Waals surface area contributed by atoms with Gasteiger partial charge in [-0.1, -0.05) is 0 Å². The summed E-state index contributed by atoms with van der Waals surface area (Å²) < 4.78 is 0. The average molecular weight is 180 g/mol. The van der Waals surface area contributed by atoms with Crippen molar-refractivity contribution in [2.24, 2.45) is 0 Å². The minimum absolute atomic E-state index is 0. The Morgan fingerprint density at radius 3 is 1.29 bits per heavy atom. The molecule has 0 bridgehead atoms. The third-order valence-electron chi connectivity index (χ3n) is 0. The minimum Gasteiger partial charge on any atom is -0.652 e. The van der Waals surface area contributed by atoms with Crippen molar-refractivity contribution in [2.75, 3.05) is 0 Å². The Bertz CT molecular complexity index is 37.9. The summed E-state index contributed by atoms with van der Waals surface area (Å²) in [5.74, 6) is 0. The maximum Gasteiger partial charge on any atom is 2.00 e. The van der Waals surface area contributed by atoms with Crippen LogP contribution in [0.25, 0.3) is 0 Å². The number of carbonyl (C=O) groups excluding carboxylic acids is 1. The normalized spacial score (nSPS) is 3.43. The van der Waals surface area contributed by atoms with E-state index in [1.165, 1.54) is 0 Å². The van der Waals surface area contributed by atoms with Crippen molar-refractivity contribution in [2.45, 2.75) is 0 Å². The van der Waals surface area contributed by atoms with Crippen LogP contribution in [-0.4, -0.2) is 66.9 Å². The molecule has 0 unspecified atom stereocenters. The number of carboxylic acid groups (broad SMARTS) is 2. The smallest absolute Gasteiger partial charge is 0.652 e. The molecule has 0 amide bonds. The van der Waals surface area contributed by atoms with Crippen LogP contribution in [0, 0.1) is 0 Å². The van der Waals surface area contributed by atoms with Crippen LogP contribution < -0.4 is 10.2 Å². The Kier molecular flexibility index (Phi) is 51.9. The Morgan fingerprint density at radius 1 is 1.29 bits per heavy atom. The maximum absolute atomic E-state index is 8.33. The number of hydrogen-bond donors (Lipinski definition) is 0. The van der Waals surface area contributed by atoms with Crippen LogP contribution in [0.1, 0.15) is 0 Å². The number of hydrogen-bond acceptors (Lipinski definition) is 3. The zero-order valence-electron chi connectivity index (χ0n) is 3.49. The zero-order valence-corrected chi connectivity index (χ0v) is 8.22. The van der Waals surface area contributed by atoms with Crippen molar-refractivity contribution in [3.05, 3.63) is 0 Å². The van der Waals surface area contributed by atoms with Crippen LogP contribution in [0.5, 0.6) is 0 Å². The van der Waals surface area contributed by atoms with Crippen molar-refractivity contribution >= 4 is 66.9 Å². The Morgan fingerprint density at radius 2 is 1.29 bits per heavy atom. The second-order valence-corrected chi connectivity index (χ2v) is 0.250. The largest absolute Gasteiger partial charge is 2.00 e. The minimum atomic E-state index is -2.33. The maximum atomic E-state index is 8.33. The van der Waals surface area contributed by atoms with Crippen LogP contribution >= 0.6 is 0 Å².